The molecule has 1 atom stereocenters. The topological polar surface area (TPSA) is 81.1 Å². The number of nitrogens with zero attached hydrogens (tertiary/aromatic N) is 2. The Hall–Kier alpha value is -3.00. The van der Waals surface area contributed by atoms with Crippen molar-refractivity contribution in [1.29, 1.82) is 0 Å². The molecule has 0 radical (unpaired) electrons. The molecule has 1 saturated heterocycles. The van der Waals surface area contributed by atoms with Crippen LogP contribution in [-0.2, 0) is 9.84 Å². The first kappa shape index (κ1) is 19.3. The maximum atomic E-state index is 13.8. The molecule has 150 valence electrons. The minimum absolute atomic E-state index is 0.00124. The number of amides is 1. The SMILES string of the molecule is Cc1ccc(NC(=O)c2cc(-c3ccccc3)n([C@@H]3CCS(=O)(=O)C3)n2)cc1F. The van der Waals surface area contributed by atoms with Gasteiger partial charge >= 0.3 is 0 Å². The van der Waals surface area contributed by atoms with Gasteiger partial charge in [-0.3, -0.25) is 9.48 Å². The Morgan fingerprint density at radius 1 is 1.17 bits per heavy atom. The molecule has 1 fully saturated rings. The Labute approximate surface area is 168 Å². The van der Waals surface area contributed by atoms with E-state index in [0.29, 0.717) is 23.4 Å². The number of nitrogens with one attached hydrogen (secondary N) is 1. The Kier molecular flexibility index (Phi) is 4.96. The van der Waals surface area contributed by atoms with Crippen LogP contribution < -0.4 is 5.32 Å². The van der Waals surface area contributed by atoms with Gasteiger partial charge in [0.2, 0.25) is 0 Å². The van der Waals surface area contributed by atoms with Crippen LogP contribution in [0.3, 0.4) is 0 Å². The maximum absolute atomic E-state index is 13.8. The van der Waals surface area contributed by atoms with Gasteiger partial charge in [-0.1, -0.05) is 36.4 Å². The molecule has 1 amide bonds. The highest BCUT2D eigenvalue weighted by Crippen LogP contribution is 2.30. The molecule has 0 aliphatic carbocycles. The minimum Gasteiger partial charge on any atom is -0.320 e. The third-order valence-corrected chi connectivity index (χ3v) is 6.77. The summed E-state index contributed by atoms with van der Waals surface area (Å²) in [7, 11) is -3.11. The Bertz CT molecular complexity index is 1170. The molecule has 4 rings (SSSR count). The monoisotopic (exact) mass is 413 g/mol. The van der Waals surface area contributed by atoms with Crippen LogP contribution in [0.1, 0.15) is 28.5 Å². The summed E-state index contributed by atoms with van der Waals surface area (Å²) in [5, 5.41) is 7.07. The van der Waals surface area contributed by atoms with E-state index >= 15 is 0 Å². The molecule has 0 saturated carbocycles. The quantitative estimate of drug-likeness (QED) is 0.709. The van der Waals surface area contributed by atoms with E-state index in [-0.39, 0.29) is 23.2 Å². The van der Waals surface area contributed by atoms with Crippen LogP contribution in [0.25, 0.3) is 11.3 Å². The molecular formula is C21H20FN3O3S. The first-order valence-electron chi connectivity index (χ1n) is 9.25. The number of anilines is 1. The van der Waals surface area contributed by atoms with Gasteiger partial charge < -0.3 is 5.32 Å². The fraction of sp³-hybridized carbons (Fsp3) is 0.238. The van der Waals surface area contributed by atoms with E-state index in [1.807, 2.05) is 30.3 Å². The molecule has 0 unspecified atom stereocenters. The van der Waals surface area contributed by atoms with Gasteiger partial charge in [-0.2, -0.15) is 5.10 Å². The van der Waals surface area contributed by atoms with E-state index in [0.717, 1.165) is 5.56 Å². The van der Waals surface area contributed by atoms with Crippen molar-refractivity contribution in [1.82, 2.24) is 9.78 Å². The molecule has 3 aromatic rings. The standard InChI is InChI=1S/C21H20FN3O3S/c1-14-7-8-16(11-18(14)22)23-21(26)19-12-20(15-5-3-2-4-6-15)25(24-19)17-9-10-29(27,28)13-17/h2-8,11-12,17H,9-10,13H2,1H3,(H,23,26)/t17-/m1/s1. The molecule has 8 heteroatoms. The van der Waals surface area contributed by atoms with Crippen LogP contribution in [0.5, 0.6) is 0 Å². The van der Waals surface area contributed by atoms with Gasteiger partial charge in [0, 0.05) is 5.69 Å². The highest BCUT2D eigenvalue weighted by molar-refractivity contribution is 7.91. The molecule has 0 spiro atoms. The number of rotatable bonds is 4. The first-order chi connectivity index (χ1) is 13.8. The predicted octanol–water partition coefficient (Wildman–Crippen LogP) is 3.61. The lowest BCUT2D eigenvalue weighted by molar-refractivity contribution is 0.102. The number of aryl methyl sites for hydroxylation is 1. The van der Waals surface area contributed by atoms with Crippen molar-refractivity contribution in [2.24, 2.45) is 0 Å². The summed E-state index contributed by atoms with van der Waals surface area (Å²) in [5.74, 6) is -0.784. The number of hydrogen-bond acceptors (Lipinski definition) is 4. The molecule has 1 N–H and O–H groups in total. The molecule has 29 heavy (non-hydrogen) atoms. The summed E-state index contributed by atoms with van der Waals surface area (Å²) < 4.78 is 39.3. The zero-order valence-corrected chi connectivity index (χ0v) is 16.6. The smallest absolute Gasteiger partial charge is 0.276 e. The maximum Gasteiger partial charge on any atom is 0.276 e. The lowest BCUT2D eigenvalue weighted by Gasteiger charge is -2.13. The Balaban J connectivity index is 1.69. The van der Waals surface area contributed by atoms with Crippen LogP contribution in [-0.4, -0.2) is 35.6 Å². The lowest BCUT2D eigenvalue weighted by atomic mass is 10.1. The van der Waals surface area contributed by atoms with Crippen molar-refractivity contribution in [3.05, 3.63) is 71.7 Å². The van der Waals surface area contributed by atoms with Gasteiger partial charge in [-0.15, -0.1) is 0 Å². The van der Waals surface area contributed by atoms with Crippen LogP contribution in [0.2, 0.25) is 0 Å². The second-order valence-electron chi connectivity index (χ2n) is 7.20. The number of carbonyl (C=O) groups excluding carboxylic acids is 1. The molecular weight excluding hydrogens is 393 g/mol. The van der Waals surface area contributed by atoms with Gasteiger partial charge in [0.25, 0.3) is 5.91 Å². The van der Waals surface area contributed by atoms with Gasteiger partial charge in [0.05, 0.1) is 23.2 Å². The largest absolute Gasteiger partial charge is 0.320 e. The summed E-state index contributed by atoms with van der Waals surface area (Å²) in [5.41, 5.74) is 2.48. The summed E-state index contributed by atoms with van der Waals surface area (Å²) >= 11 is 0. The fourth-order valence-electron chi connectivity index (χ4n) is 3.44. The van der Waals surface area contributed by atoms with E-state index in [2.05, 4.69) is 10.4 Å². The summed E-state index contributed by atoms with van der Waals surface area (Å²) in [6.07, 6.45) is 0.452. The van der Waals surface area contributed by atoms with Gasteiger partial charge in [0.1, 0.15) is 5.82 Å². The van der Waals surface area contributed by atoms with Crippen molar-refractivity contribution in [3.63, 3.8) is 0 Å². The van der Waals surface area contributed by atoms with E-state index in [1.54, 1.807) is 29.8 Å². The normalized spacial score (nSPS) is 17.9. The second-order valence-corrected chi connectivity index (χ2v) is 9.43. The van der Waals surface area contributed by atoms with Crippen LogP contribution >= 0.6 is 0 Å². The van der Waals surface area contributed by atoms with Crippen LogP contribution in [0.4, 0.5) is 10.1 Å². The number of carbonyl (C=O) groups is 1. The van der Waals surface area contributed by atoms with E-state index in [1.165, 1.54) is 6.07 Å². The fourth-order valence-corrected chi connectivity index (χ4v) is 5.13. The zero-order chi connectivity index (χ0) is 20.6. The van der Waals surface area contributed by atoms with E-state index in [4.69, 9.17) is 0 Å². The van der Waals surface area contributed by atoms with Gasteiger partial charge in [-0.25, -0.2) is 12.8 Å². The van der Waals surface area contributed by atoms with Crippen molar-refractivity contribution in [2.45, 2.75) is 19.4 Å². The summed E-state index contributed by atoms with van der Waals surface area (Å²) in [4.78, 5) is 12.7. The Morgan fingerprint density at radius 3 is 2.59 bits per heavy atom. The van der Waals surface area contributed by atoms with Crippen LogP contribution in [0, 0.1) is 12.7 Å². The minimum atomic E-state index is -3.11. The number of hydrogen-bond donors (Lipinski definition) is 1. The summed E-state index contributed by atoms with van der Waals surface area (Å²) in [6.45, 7) is 1.64. The molecule has 1 aliphatic rings. The van der Waals surface area contributed by atoms with Crippen LogP contribution in [0.15, 0.2) is 54.6 Å². The van der Waals surface area contributed by atoms with Crippen molar-refractivity contribution < 1.29 is 17.6 Å². The third kappa shape index (κ3) is 4.07. The number of aromatic nitrogens is 2. The van der Waals surface area contributed by atoms with E-state index < -0.39 is 21.6 Å². The van der Waals surface area contributed by atoms with E-state index in [9.17, 15) is 17.6 Å². The number of sulfone groups is 1. The van der Waals surface area contributed by atoms with Crippen molar-refractivity contribution >= 4 is 21.4 Å². The average molecular weight is 413 g/mol. The molecule has 2 aromatic carbocycles. The van der Waals surface area contributed by atoms with Crippen molar-refractivity contribution in [3.8, 4) is 11.3 Å². The molecule has 1 aliphatic heterocycles. The first-order valence-corrected chi connectivity index (χ1v) is 11.1. The lowest BCUT2D eigenvalue weighted by Crippen LogP contribution is -2.16. The molecule has 6 nitrogen and oxygen atoms in total. The third-order valence-electron chi connectivity index (χ3n) is 5.02. The highest BCUT2D eigenvalue weighted by Gasteiger charge is 2.32. The highest BCUT2D eigenvalue weighted by atomic mass is 32.2. The molecule has 0 bridgehead atoms. The second kappa shape index (κ2) is 7.44. The zero-order valence-electron chi connectivity index (χ0n) is 15.8. The van der Waals surface area contributed by atoms with Crippen molar-refractivity contribution in [2.75, 3.05) is 16.8 Å². The Morgan fingerprint density at radius 2 is 1.93 bits per heavy atom. The predicted molar refractivity (Wildman–Crippen MR) is 109 cm³/mol. The summed E-state index contributed by atoms with van der Waals surface area (Å²) in [6, 6.07) is 15.2. The average Bonchev–Trinajstić information content (AvgIpc) is 3.29. The number of halogens is 1. The van der Waals surface area contributed by atoms with Gasteiger partial charge in [-0.05, 0) is 42.7 Å². The number of benzene rings is 2. The molecule has 2 heterocycles. The molecule has 1 aromatic heterocycles. The van der Waals surface area contributed by atoms with Gasteiger partial charge in [0.15, 0.2) is 15.5 Å².